The van der Waals surface area contributed by atoms with Crippen molar-refractivity contribution < 1.29 is 40.3 Å². The average Bonchev–Trinajstić information content (AvgIpc) is 3.70. The average molecular weight is 688 g/mol. The van der Waals surface area contributed by atoms with Gasteiger partial charge in [0.1, 0.15) is 28.4 Å². The molecule has 0 aliphatic carbocycles. The number of sulfonamides is 1. The number of nitrogens with one attached hydrogen (secondary N) is 1. The lowest BCUT2D eigenvalue weighted by Gasteiger charge is -2.35. The number of oxazole rings is 1. The molecule has 1 saturated heterocycles. The zero-order valence-electron chi connectivity index (χ0n) is 26.8. The quantitative estimate of drug-likeness (QED) is 0.179. The third-order valence-electron chi connectivity index (χ3n) is 8.59. The predicted octanol–water partition coefficient (Wildman–Crippen LogP) is 7.17. The number of hydrogen-bond donors (Lipinski definition) is 1. The van der Waals surface area contributed by atoms with E-state index < -0.39 is 33.6 Å². The van der Waals surface area contributed by atoms with E-state index in [1.54, 1.807) is 36.4 Å². The highest BCUT2D eigenvalue weighted by Gasteiger charge is 2.33. The molecule has 0 spiro atoms. The van der Waals surface area contributed by atoms with Crippen LogP contribution in [0.15, 0.2) is 81.6 Å². The van der Waals surface area contributed by atoms with E-state index in [9.17, 15) is 22.0 Å². The summed E-state index contributed by atoms with van der Waals surface area (Å²) in [5.41, 5.74) is 2.88. The molecular weight excluding hydrogens is 656 g/mol. The summed E-state index contributed by atoms with van der Waals surface area (Å²) in [4.78, 5) is 17.8. The van der Waals surface area contributed by atoms with E-state index in [-0.39, 0.29) is 33.9 Å². The van der Waals surface area contributed by atoms with Crippen LogP contribution in [0, 0.1) is 11.6 Å². The number of methoxy groups -OCH3 is 1. The first-order chi connectivity index (χ1) is 23.6. The van der Waals surface area contributed by atoms with Crippen LogP contribution in [0.4, 0.5) is 14.5 Å². The summed E-state index contributed by atoms with van der Waals surface area (Å²) in [6.07, 6.45) is 2.05. The minimum Gasteiger partial charge on any atom is -0.496 e. The molecule has 1 aliphatic heterocycles. The van der Waals surface area contributed by atoms with E-state index in [0.29, 0.717) is 65.1 Å². The van der Waals surface area contributed by atoms with Crippen molar-refractivity contribution in [3.8, 4) is 39.7 Å². The summed E-state index contributed by atoms with van der Waals surface area (Å²) in [6, 6.07) is 18.0. The van der Waals surface area contributed by atoms with Crippen molar-refractivity contribution in [1.29, 1.82) is 0 Å². The largest absolute Gasteiger partial charge is 0.496 e. The Morgan fingerprint density at radius 1 is 0.939 bits per heavy atom. The minimum atomic E-state index is -3.88. The first kappa shape index (κ1) is 32.3. The smallest absolute Gasteiger partial charge is 0.255 e. The first-order valence-electron chi connectivity index (χ1n) is 15.5. The van der Waals surface area contributed by atoms with E-state index in [4.69, 9.17) is 18.3 Å². The Morgan fingerprint density at radius 2 is 1.67 bits per heavy atom. The van der Waals surface area contributed by atoms with E-state index in [0.717, 1.165) is 6.26 Å². The van der Waals surface area contributed by atoms with Gasteiger partial charge in [0, 0.05) is 48.9 Å². The number of halogens is 2. The molecule has 7 rings (SSSR count). The van der Waals surface area contributed by atoms with Crippen LogP contribution in [0.5, 0.6) is 5.75 Å². The number of fused-ring (bicyclic) bond motifs is 2. The first-order valence-corrected chi connectivity index (χ1v) is 17.3. The Morgan fingerprint density at radius 3 is 2.35 bits per heavy atom. The van der Waals surface area contributed by atoms with E-state index >= 15 is 0 Å². The monoisotopic (exact) mass is 687 g/mol. The highest BCUT2D eigenvalue weighted by molar-refractivity contribution is 7.92. The normalized spacial score (nSPS) is 14.0. The molecule has 1 N–H and O–H groups in total. The molecule has 2 aromatic heterocycles. The fourth-order valence-corrected chi connectivity index (χ4v) is 7.60. The second-order valence-corrected chi connectivity index (χ2v) is 13.5. The minimum absolute atomic E-state index is 0.0526. The van der Waals surface area contributed by atoms with Gasteiger partial charge in [0.25, 0.3) is 5.91 Å². The lowest BCUT2D eigenvalue weighted by molar-refractivity contribution is 0.0876. The van der Waals surface area contributed by atoms with Gasteiger partial charge in [0.05, 0.1) is 30.2 Å². The molecule has 0 unspecified atom stereocenters. The van der Waals surface area contributed by atoms with E-state index in [2.05, 4.69) is 10.3 Å². The number of nitrogens with zero attached hydrogens (tertiary/aromatic N) is 2. The summed E-state index contributed by atoms with van der Waals surface area (Å²) in [5.74, 6) is -0.782. The number of furan rings is 1. The summed E-state index contributed by atoms with van der Waals surface area (Å²) < 4.78 is 80.5. The second-order valence-electron chi connectivity index (χ2n) is 11.7. The van der Waals surface area contributed by atoms with Crippen LogP contribution in [0.2, 0.25) is 0 Å². The van der Waals surface area contributed by atoms with E-state index in [1.165, 1.54) is 54.9 Å². The third-order valence-corrected chi connectivity index (χ3v) is 9.80. The van der Waals surface area contributed by atoms with Gasteiger partial charge in [-0.25, -0.2) is 22.2 Å². The number of aromatic nitrogens is 1. The van der Waals surface area contributed by atoms with E-state index in [1.807, 2.05) is 0 Å². The van der Waals surface area contributed by atoms with Crippen molar-refractivity contribution >= 4 is 43.7 Å². The van der Waals surface area contributed by atoms with Gasteiger partial charge in [0.2, 0.25) is 15.9 Å². The number of carbonyl (C=O) groups is 1. The molecular formula is C36H31F2N3O7S. The summed E-state index contributed by atoms with van der Waals surface area (Å²) in [6.45, 7) is 0.761. The van der Waals surface area contributed by atoms with Gasteiger partial charge in [-0.2, -0.15) is 0 Å². The molecule has 1 amide bonds. The van der Waals surface area contributed by atoms with Crippen molar-refractivity contribution in [2.24, 2.45) is 0 Å². The van der Waals surface area contributed by atoms with Gasteiger partial charge in [-0.05, 0) is 73.0 Å². The van der Waals surface area contributed by atoms with Crippen LogP contribution in [0.3, 0.4) is 0 Å². The van der Waals surface area contributed by atoms with Gasteiger partial charge in [-0.15, -0.1) is 0 Å². The lowest BCUT2D eigenvalue weighted by Crippen LogP contribution is -2.43. The molecule has 0 radical (unpaired) electrons. The fraction of sp³-hybridized carbons (Fsp3) is 0.222. The van der Waals surface area contributed by atoms with Gasteiger partial charge in [0.15, 0.2) is 11.4 Å². The SMILES string of the molecule is CNC(=O)c1c(-c2ccc(F)cc2)oc2cc(N(C3CCOCC3)S(C)(=O)=O)c(-c3ccc(OC)c(-c4nc5c(F)cccc5o4)c3)cc12. The van der Waals surface area contributed by atoms with Gasteiger partial charge in [-0.3, -0.25) is 9.10 Å². The number of benzene rings is 4. The number of amides is 1. The molecule has 3 heterocycles. The maximum absolute atomic E-state index is 14.6. The van der Waals surface area contributed by atoms with Gasteiger partial charge in [-0.1, -0.05) is 12.1 Å². The molecule has 4 aromatic carbocycles. The summed E-state index contributed by atoms with van der Waals surface area (Å²) >= 11 is 0. The van der Waals surface area contributed by atoms with Crippen LogP contribution in [-0.4, -0.2) is 59.0 Å². The molecule has 1 fully saturated rings. The maximum Gasteiger partial charge on any atom is 0.255 e. The second kappa shape index (κ2) is 12.6. The highest BCUT2D eigenvalue weighted by atomic mass is 32.2. The Bertz CT molecular complexity index is 2330. The molecule has 0 bridgehead atoms. The van der Waals surface area contributed by atoms with Crippen LogP contribution < -0.4 is 14.4 Å². The number of para-hydroxylation sites is 1. The van der Waals surface area contributed by atoms with Crippen molar-refractivity contribution in [2.45, 2.75) is 18.9 Å². The fourth-order valence-electron chi connectivity index (χ4n) is 6.34. The van der Waals surface area contributed by atoms with Crippen molar-refractivity contribution in [3.05, 3.63) is 90.0 Å². The van der Waals surface area contributed by atoms with Crippen LogP contribution in [0.1, 0.15) is 23.2 Å². The van der Waals surface area contributed by atoms with Gasteiger partial charge >= 0.3 is 0 Å². The molecule has 252 valence electrons. The molecule has 6 aromatic rings. The van der Waals surface area contributed by atoms with Gasteiger partial charge < -0.3 is 23.6 Å². The van der Waals surface area contributed by atoms with Crippen LogP contribution >= 0.6 is 0 Å². The molecule has 49 heavy (non-hydrogen) atoms. The Labute approximate surface area is 280 Å². The van der Waals surface area contributed by atoms with Crippen LogP contribution in [-0.2, 0) is 14.8 Å². The zero-order valence-corrected chi connectivity index (χ0v) is 27.6. The standard InChI is InChI=1S/C36H31F2N3O7S/c1-39-35(42)32-25-18-24(21-9-12-29(45-2)26(17-21)36-40-33-27(38)5-4-6-30(33)48-36)28(41(49(3,43)44)23-13-15-46-16-14-23)19-31(25)47-34(32)20-7-10-22(37)11-8-20/h4-12,17-19,23H,13-16H2,1-3H3,(H,39,42). The van der Waals surface area contributed by atoms with Crippen molar-refractivity contribution in [1.82, 2.24) is 10.3 Å². The van der Waals surface area contributed by atoms with Crippen molar-refractivity contribution in [2.75, 3.05) is 37.9 Å². The Hall–Kier alpha value is -5.27. The lowest BCUT2D eigenvalue weighted by atomic mass is 9.96. The highest BCUT2D eigenvalue weighted by Crippen LogP contribution is 2.45. The molecule has 13 heteroatoms. The number of hydrogen-bond acceptors (Lipinski definition) is 8. The predicted molar refractivity (Wildman–Crippen MR) is 181 cm³/mol. The Kier molecular flexibility index (Phi) is 8.33. The zero-order chi connectivity index (χ0) is 34.4. The number of ether oxygens (including phenoxy) is 2. The maximum atomic E-state index is 14.6. The number of anilines is 1. The van der Waals surface area contributed by atoms with Crippen molar-refractivity contribution in [3.63, 3.8) is 0 Å². The number of rotatable bonds is 8. The molecule has 0 atom stereocenters. The third kappa shape index (κ3) is 5.89. The number of carbonyl (C=O) groups excluding carboxylic acids is 1. The topological polar surface area (TPSA) is 124 Å². The summed E-state index contributed by atoms with van der Waals surface area (Å²) in [7, 11) is -0.911. The van der Waals surface area contributed by atoms with Crippen LogP contribution in [0.25, 0.3) is 56.0 Å². The molecule has 1 aliphatic rings. The Balaban J connectivity index is 1.52. The molecule has 0 saturated carbocycles. The summed E-state index contributed by atoms with van der Waals surface area (Å²) in [5, 5.41) is 3.06. The molecule has 10 nitrogen and oxygen atoms in total.